The second-order valence-electron chi connectivity index (χ2n) is 2.94. The molecule has 0 aromatic rings. The van der Waals surface area contributed by atoms with Crippen LogP contribution in [0.3, 0.4) is 0 Å². The molecule has 0 saturated carbocycles. The number of likely N-dealkylation sites (tertiary alicyclic amines) is 1. The Morgan fingerprint density at radius 3 is 2.60 bits per heavy atom. The summed E-state index contributed by atoms with van der Waals surface area (Å²) in [5.74, 6) is 0. The van der Waals surface area contributed by atoms with Crippen LogP contribution in [0.15, 0.2) is 0 Å². The van der Waals surface area contributed by atoms with Crippen LogP contribution in [0.4, 0.5) is 0 Å². The zero-order chi connectivity index (χ0) is 7.23. The highest BCUT2D eigenvalue weighted by atomic mass is 15.1. The zero-order valence-corrected chi connectivity index (χ0v) is 6.84. The quantitative estimate of drug-likeness (QED) is 0.542. The monoisotopic (exact) mass is 141 g/mol. The predicted octanol–water partition coefficient (Wildman–Crippen LogP) is 1.48. The van der Waals surface area contributed by atoms with Gasteiger partial charge in [-0.25, -0.2) is 0 Å². The van der Waals surface area contributed by atoms with E-state index < -0.39 is 0 Å². The maximum atomic E-state index is 4.07. The van der Waals surface area contributed by atoms with Gasteiger partial charge in [-0.2, -0.15) is 7.05 Å². The molecule has 0 amide bonds. The van der Waals surface area contributed by atoms with Crippen molar-refractivity contribution in [1.82, 2.24) is 4.90 Å². The zero-order valence-electron chi connectivity index (χ0n) is 6.84. The van der Waals surface area contributed by atoms with Gasteiger partial charge in [-0.1, -0.05) is 6.42 Å². The van der Waals surface area contributed by atoms with Crippen LogP contribution < -0.4 is 0 Å². The fraction of sp³-hybridized carbons (Fsp3) is 1.00. The van der Waals surface area contributed by atoms with Crippen molar-refractivity contribution in [3.63, 3.8) is 0 Å². The minimum Gasteiger partial charge on any atom is -0.665 e. The van der Waals surface area contributed by atoms with Gasteiger partial charge in [0.1, 0.15) is 0 Å². The number of hydrogen-bond acceptors (Lipinski definition) is 1. The first-order chi connectivity index (χ1) is 4.93. The molecule has 2 nitrogen and oxygen atoms in total. The second kappa shape index (κ2) is 4.69. The molecule has 0 N–H and O–H groups in total. The third kappa shape index (κ3) is 2.67. The summed E-state index contributed by atoms with van der Waals surface area (Å²) in [5, 5.41) is 4.07. The van der Waals surface area contributed by atoms with Crippen LogP contribution in [0.25, 0.3) is 5.32 Å². The molecule has 1 saturated heterocycles. The summed E-state index contributed by atoms with van der Waals surface area (Å²) in [6.45, 7) is 4.95. The van der Waals surface area contributed by atoms with Crippen LogP contribution in [-0.4, -0.2) is 38.1 Å². The van der Waals surface area contributed by atoms with Gasteiger partial charge in [0.05, 0.1) is 0 Å². The van der Waals surface area contributed by atoms with Crippen LogP contribution in [0.1, 0.15) is 19.3 Å². The molecule has 0 unspecified atom stereocenters. The fourth-order valence-corrected chi connectivity index (χ4v) is 1.46. The molecule has 10 heavy (non-hydrogen) atoms. The Morgan fingerprint density at radius 2 is 2.00 bits per heavy atom. The van der Waals surface area contributed by atoms with Gasteiger partial charge in [0.25, 0.3) is 0 Å². The van der Waals surface area contributed by atoms with Crippen LogP contribution in [0.2, 0.25) is 0 Å². The second-order valence-corrected chi connectivity index (χ2v) is 2.94. The summed E-state index contributed by atoms with van der Waals surface area (Å²) >= 11 is 0. The highest BCUT2D eigenvalue weighted by molar-refractivity contribution is 4.72. The van der Waals surface area contributed by atoms with Crippen molar-refractivity contribution in [2.75, 3.05) is 33.2 Å². The maximum Gasteiger partial charge on any atom is -0.00183 e. The maximum absolute atomic E-state index is 4.07. The number of rotatable bonds is 4. The van der Waals surface area contributed by atoms with Gasteiger partial charge < -0.3 is 10.2 Å². The summed E-state index contributed by atoms with van der Waals surface area (Å²) in [7, 11) is 1.89. The van der Waals surface area contributed by atoms with Gasteiger partial charge in [-0.15, -0.1) is 6.54 Å². The highest BCUT2D eigenvalue weighted by Gasteiger charge is 2.08. The first-order valence-corrected chi connectivity index (χ1v) is 4.21. The normalized spacial score (nSPS) is 20.1. The third-order valence-corrected chi connectivity index (χ3v) is 2.05. The van der Waals surface area contributed by atoms with E-state index in [1.165, 1.54) is 38.9 Å². The number of nitrogens with zero attached hydrogens (tertiary/aromatic N) is 2. The highest BCUT2D eigenvalue weighted by Crippen LogP contribution is 2.07. The van der Waals surface area contributed by atoms with E-state index in [0.29, 0.717) is 0 Å². The van der Waals surface area contributed by atoms with Crippen molar-refractivity contribution >= 4 is 0 Å². The summed E-state index contributed by atoms with van der Waals surface area (Å²) in [6.07, 6.45) is 4.06. The number of hydrogen-bond donors (Lipinski definition) is 0. The van der Waals surface area contributed by atoms with Gasteiger partial charge in [-0.3, -0.25) is 0 Å². The van der Waals surface area contributed by atoms with E-state index in [9.17, 15) is 0 Å². The summed E-state index contributed by atoms with van der Waals surface area (Å²) in [5.41, 5.74) is 0. The lowest BCUT2D eigenvalue weighted by molar-refractivity contribution is 0.338. The van der Waals surface area contributed by atoms with E-state index in [0.717, 1.165) is 6.54 Å². The van der Waals surface area contributed by atoms with Crippen molar-refractivity contribution in [2.24, 2.45) is 0 Å². The third-order valence-electron chi connectivity index (χ3n) is 2.05. The first-order valence-electron chi connectivity index (χ1n) is 4.21. The van der Waals surface area contributed by atoms with Crippen LogP contribution in [0.5, 0.6) is 0 Å². The molecule has 1 rings (SSSR count). The molecule has 1 heterocycles. The van der Waals surface area contributed by atoms with Gasteiger partial charge in [0.2, 0.25) is 0 Å². The molecule has 0 aromatic carbocycles. The molecule has 60 valence electrons. The smallest absolute Gasteiger partial charge is 0.00183 e. The molecule has 0 radical (unpaired) electrons. The molecule has 1 fully saturated rings. The standard InChI is InChI=1S/C8H17N2/c1-9-5-4-8-10-6-2-3-7-10/h2-8H2,1H3/q-1. The Kier molecular flexibility index (Phi) is 3.76. The predicted molar refractivity (Wildman–Crippen MR) is 44.4 cm³/mol. The van der Waals surface area contributed by atoms with Crippen molar-refractivity contribution in [2.45, 2.75) is 19.3 Å². The lowest BCUT2D eigenvalue weighted by atomic mass is 10.4. The van der Waals surface area contributed by atoms with Gasteiger partial charge >= 0.3 is 0 Å². The topological polar surface area (TPSA) is 17.3 Å². The lowest BCUT2D eigenvalue weighted by Crippen LogP contribution is -2.20. The van der Waals surface area contributed by atoms with E-state index in [2.05, 4.69) is 10.2 Å². The fourth-order valence-electron chi connectivity index (χ4n) is 1.46. The van der Waals surface area contributed by atoms with E-state index in [4.69, 9.17) is 0 Å². The van der Waals surface area contributed by atoms with Gasteiger partial charge in [0.15, 0.2) is 0 Å². The first kappa shape index (κ1) is 8.02. The largest absolute Gasteiger partial charge is 0.665 e. The molecule has 1 aliphatic heterocycles. The Hall–Kier alpha value is -0.0800. The Morgan fingerprint density at radius 1 is 1.30 bits per heavy atom. The van der Waals surface area contributed by atoms with Gasteiger partial charge in [-0.05, 0) is 32.5 Å². The summed E-state index contributed by atoms with van der Waals surface area (Å²) in [6, 6.07) is 0. The lowest BCUT2D eigenvalue weighted by Gasteiger charge is -2.17. The van der Waals surface area contributed by atoms with Crippen molar-refractivity contribution in [1.29, 1.82) is 0 Å². The Bertz CT molecular complexity index is 77.3. The molecule has 1 aliphatic rings. The molecular formula is C8H17N2-. The van der Waals surface area contributed by atoms with Crippen molar-refractivity contribution in [3.05, 3.63) is 5.32 Å². The summed E-state index contributed by atoms with van der Waals surface area (Å²) in [4.78, 5) is 2.53. The van der Waals surface area contributed by atoms with E-state index in [1.54, 1.807) is 0 Å². The van der Waals surface area contributed by atoms with Crippen molar-refractivity contribution in [3.8, 4) is 0 Å². The van der Waals surface area contributed by atoms with E-state index in [-0.39, 0.29) is 0 Å². The minimum atomic E-state index is 1.04. The van der Waals surface area contributed by atoms with Gasteiger partial charge in [0, 0.05) is 0 Å². The molecule has 2 heteroatoms. The van der Waals surface area contributed by atoms with E-state index >= 15 is 0 Å². The van der Waals surface area contributed by atoms with Crippen LogP contribution in [0, 0.1) is 0 Å². The van der Waals surface area contributed by atoms with E-state index in [1.807, 2.05) is 7.05 Å². The molecule has 0 bridgehead atoms. The van der Waals surface area contributed by atoms with Crippen molar-refractivity contribution < 1.29 is 0 Å². The van der Waals surface area contributed by atoms with Crippen LogP contribution in [-0.2, 0) is 0 Å². The summed E-state index contributed by atoms with van der Waals surface area (Å²) < 4.78 is 0. The minimum absolute atomic E-state index is 1.04. The molecule has 0 aliphatic carbocycles. The Balaban J connectivity index is 1.91. The molecule has 0 aromatic heterocycles. The molecule has 0 spiro atoms. The van der Waals surface area contributed by atoms with Crippen LogP contribution >= 0.6 is 0 Å². The molecular weight excluding hydrogens is 124 g/mol. The molecule has 0 atom stereocenters. The Labute approximate surface area is 63.6 Å². The average molecular weight is 141 g/mol. The SMILES string of the molecule is C[N-]CCCN1CCCC1. The average Bonchev–Trinajstić information content (AvgIpc) is 2.41.